The van der Waals surface area contributed by atoms with Gasteiger partial charge in [0.15, 0.2) is 0 Å². The van der Waals surface area contributed by atoms with Gasteiger partial charge in [-0.05, 0) is 43.9 Å². The average Bonchev–Trinajstić information content (AvgIpc) is 2.46. The molecule has 0 nitrogen and oxygen atoms in total. The Morgan fingerprint density at radius 1 is 1.13 bits per heavy atom. The first-order valence-electron chi connectivity index (χ1n) is 5.75. The fraction of sp³-hybridized carbons (Fsp3) is 0.429. The lowest BCUT2D eigenvalue weighted by molar-refractivity contribution is 0.835. The predicted octanol–water partition coefficient (Wildman–Crippen LogP) is 4.97. The highest BCUT2D eigenvalue weighted by Gasteiger charge is 2.05. The summed E-state index contributed by atoms with van der Waals surface area (Å²) >= 11 is 1.95. The van der Waals surface area contributed by atoms with Gasteiger partial charge in [-0.1, -0.05) is 47.7 Å². The molecule has 0 aromatic heterocycles. The monoisotopic (exact) mass is 218 g/mol. The van der Waals surface area contributed by atoms with Crippen molar-refractivity contribution in [2.75, 3.05) is 0 Å². The largest absolute Gasteiger partial charge is 0.0949 e. The van der Waals surface area contributed by atoms with Gasteiger partial charge in [-0.25, -0.2) is 0 Å². The molecule has 0 radical (unpaired) electrons. The minimum absolute atomic E-state index is 1.21. The summed E-state index contributed by atoms with van der Waals surface area (Å²) in [6, 6.07) is 0. The van der Waals surface area contributed by atoms with E-state index in [0.717, 1.165) is 0 Å². The molecule has 0 saturated carbocycles. The Balaban J connectivity index is 1.99. The van der Waals surface area contributed by atoms with Crippen LogP contribution in [0, 0.1) is 0 Å². The molecular weight excluding hydrogens is 200 g/mol. The van der Waals surface area contributed by atoms with Gasteiger partial charge in [0.25, 0.3) is 0 Å². The summed E-state index contributed by atoms with van der Waals surface area (Å²) in [6.45, 7) is 2.23. The van der Waals surface area contributed by atoms with E-state index in [1.165, 1.54) is 47.5 Å². The lowest BCUT2D eigenvalue weighted by Crippen LogP contribution is -1.83. The fourth-order valence-electron chi connectivity index (χ4n) is 1.84. The van der Waals surface area contributed by atoms with Crippen LogP contribution in [0.25, 0.3) is 0 Å². The van der Waals surface area contributed by atoms with E-state index in [9.17, 15) is 0 Å². The number of allylic oxidation sites excluding steroid dienone is 7. The summed E-state index contributed by atoms with van der Waals surface area (Å²) in [4.78, 5) is 2.95. The maximum Gasteiger partial charge on any atom is 0.00756 e. The molecule has 0 aromatic rings. The van der Waals surface area contributed by atoms with Gasteiger partial charge in [-0.15, -0.1) is 0 Å². The van der Waals surface area contributed by atoms with Crippen LogP contribution < -0.4 is 0 Å². The Morgan fingerprint density at radius 2 is 2.07 bits per heavy atom. The highest BCUT2D eigenvalue weighted by atomic mass is 32.2. The summed E-state index contributed by atoms with van der Waals surface area (Å²) in [7, 11) is 0. The standard InChI is InChI=1S/C14H18S/c1-12-6-5-9-14(11-10-12)15-13-7-3-2-4-8-13/h3,7-8,10-11H,2,4-6,9H2,1H3. The summed E-state index contributed by atoms with van der Waals surface area (Å²) in [5.74, 6) is 0. The van der Waals surface area contributed by atoms with Crippen LogP contribution in [-0.2, 0) is 0 Å². The van der Waals surface area contributed by atoms with Crippen molar-refractivity contribution in [3.63, 3.8) is 0 Å². The molecule has 0 heterocycles. The van der Waals surface area contributed by atoms with E-state index < -0.39 is 0 Å². The van der Waals surface area contributed by atoms with E-state index in [1.54, 1.807) is 0 Å². The molecule has 0 saturated heterocycles. The fourth-order valence-corrected chi connectivity index (χ4v) is 2.90. The van der Waals surface area contributed by atoms with Gasteiger partial charge >= 0.3 is 0 Å². The minimum atomic E-state index is 1.21. The molecule has 0 fully saturated rings. The molecule has 0 amide bonds. The quantitative estimate of drug-likeness (QED) is 0.630. The van der Waals surface area contributed by atoms with Crippen LogP contribution in [-0.4, -0.2) is 0 Å². The Kier molecular flexibility index (Phi) is 3.90. The zero-order chi connectivity index (χ0) is 10.5. The van der Waals surface area contributed by atoms with E-state index in [0.29, 0.717) is 0 Å². The molecule has 2 aliphatic carbocycles. The van der Waals surface area contributed by atoms with E-state index in [1.807, 2.05) is 11.8 Å². The average molecular weight is 218 g/mol. The molecule has 0 unspecified atom stereocenters. The number of thioether (sulfide) groups is 1. The van der Waals surface area contributed by atoms with Gasteiger partial charge in [0.1, 0.15) is 0 Å². The number of rotatable bonds is 2. The van der Waals surface area contributed by atoms with Gasteiger partial charge in [-0.3, -0.25) is 0 Å². The first-order chi connectivity index (χ1) is 7.34. The Labute approximate surface area is 96.8 Å². The predicted molar refractivity (Wildman–Crippen MR) is 69.7 cm³/mol. The lowest BCUT2D eigenvalue weighted by atomic mass is 10.1. The SMILES string of the molecule is CC1=CC=C(SC2=CCCC=C2)CCC1. The van der Waals surface area contributed by atoms with Gasteiger partial charge in [-0.2, -0.15) is 0 Å². The molecule has 1 heteroatoms. The summed E-state index contributed by atoms with van der Waals surface area (Å²) in [5, 5.41) is 0. The van der Waals surface area contributed by atoms with Gasteiger partial charge in [0.2, 0.25) is 0 Å². The zero-order valence-corrected chi connectivity index (χ0v) is 10.1. The second-order valence-electron chi connectivity index (χ2n) is 4.19. The molecule has 0 N–H and O–H groups in total. The normalized spacial score (nSPS) is 21.5. The van der Waals surface area contributed by atoms with Crippen molar-refractivity contribution in [1.82, 2.24) is 0 Å². The van der Waals surface area contributed by atoms with Crippen molar-refractivity contribution in [2.45, 2.75) is 39.0 Å². The summed E-state index contributed by atoms with van der Waals surface area (Å²) in [6.07, 6.45) is 17.7. The molecule has 80 valence electrons. The van der Waals surface area contributed by atoms with Crippen LogP contribution in [0.1, 0.15) is 39.0 Å². The van der Waals surface area contributed by atoms with Crippen molar-refractivity contribution in [2.24, 2.45) is 0 Å². The second-order valence-corrected chi connectivity index (χ2v) is 5.39. The van der Waals surface area contributed by atoms with E-state index >= 15 is 0 Å². The molecule has 0 spiro atoms. The third-order valence-electron chi connectivity index (χ3n) is 2.76. The molecule has 0 bridgehead atoms. The molecule has 2 rings (SSSR count). The zero-order valence-electron chi connectivity index (χ0n) is 9.33. The summed E-state index contributed by atoms with van der Waals surface area (Å²) in [5.41, 5.74) is 1.51. The maximum atomic E-state index is 2.35. The number of hydrogen-bond donors (Lipinski definition) is 0. The van der Waals surface area contributed by atoms with Crippen molar-refractivity contribution in [1.29, 1.82) is 0 Å². The number of hydrogen-bond acceptors (Lipinski definition) is 1. The van der Waals surface area contributed by atoms with Crippen LogP contribution in [0.5, 0.6) is 0 Å². The van der Waals surface area contributed by atoms with Crippen LogP contribution >= 0.6 is 11.8 Å². The van der Waals surface area contributed by atoms with E-state index in [4.69, 9.17) is 0 Å². The van der Waals surface area contributed by atoms with E-state index in [-0.39, 0.29) is 0 Å². The first-order valence-corrected chi connectivity index (χ1v) is 6.57. The van der Waals surface area contributed by atoms with Gasteiger partial charge in [0.05, 0.1) is 0 Å². The maximum absolute atomic E-state index is 2.35. The van der Waals surface area contributed by atoms with Gasteiger partial charge < -0.3 is 0 Å². The lowest BCUT2D eigenvalue weighted by Gasteiger charge is -2.08. The molecule has 0 aromatic carbocycles. The Bertz CT molecular complexity index is 342. The van der Waals surface area contributed by atoms with Crippen molar-refractivity contribution >= 4 is 11.8 Å². The smallest absolute Gasteiger partial charge is 0.00756 e. The summed E-state index contributed by atoms with van der Waals surface area (Å²) < 4.78 is 0. The Morgan fingerprint density at radius 3 is 2.87 bits per heavy atom. The van der Waals surface area contributed by atoms with Crippen molar-refractivity contribution in [3.05, 3.63) is 45.8 Å². The molecule has 0 aliphatic heterocycles. The highest BCUT2D eigenvalue weighted by molar-refractivity contribution is 8.06. The van der Waals surface area contributed by atoms with Crippen molar-refractivity contribution < 1.29 is 0 Å². The molecule has 2 aliphatic rings. The highest BCUT2D eigenvalue weighted by Crippen LogP contribution is 2.34. The topological polar surface area (TPSA) is 0 Å². The van der Waals surface area contributed by atoms with Crippen LogP contribution in [0.2, 0.25) is 0 Å². The first kappa shape index (κ1) is 10.8. The third kappa shape index (κ3) is 3.42. The van der Waals surface area contributed by atoms with Gasteiger partial charge in [0, 0.05) is 4.91 Å². The third-order valence-corrected chi connectivity index (χ3v) is 3.90. The molecule has 0 atom stereocenters. The van der Waals surface area contributed by atoms with Crippen LogP contribution in [0.4, 0.5) is 0 Å². The molecule has 15 heavy (non-hydrogen) atoms. The second kappa shape index (κ2) is 5.41. The molecular formula is C14H18S. The van der Waals surface area contributed by atoms with E-state index in [2.05, 4.69) is 37.3 Å². The minimum Gasteiger partial charge on any atom is -0.0949 e. The van der Waals surface area contributed by atoms with Crippen LogP contribution in [0.15, 0.2) is 45.8 Å². The van der Waals surface area contributed by atoms with Crippen molar-refractivity contribution in [3.8, 4) is 0 Å². The van der Waals surface area contributed by atoms with Crippen LogP contribution in [0.3, 0.4) is 0 Å². The Hall–Kier alpha value is -0.690.